The van der Waals surface area contributed by atoms with Crippen LogP contribution in [0.15, 0.2) is 60.8 Å². The van der Waals surface area contributed by atoms with Gasteiger partial charge in [-0.25, -0.2) is 0 Å². The number of aromatic nitrogens is 2. The SMILES string of the molecule is CN(Cc1cn(Cc2ccccc2Cl)nc1-c1ccccc1)C(=O)CN1CCCCCC1=O. The molecule has 0 aliphatic carbocycles. The molecule has 7 heteroatoms. The van der Waals surface area contributed by atoms with Crippen molar-refractivity contribution in [2.45, 2.75) is 38.8 Å². The molecule has 1 aromatic heterocycles. The average molecular weight is 465 g/mol. The van der Waals surface area contributed by atoms with Crippen LogP contribution in [0.2, 0.25) is 5.02 Å². The normalized spacial score (nSPS) is 14.2. The lowest BCUT2D eigenvalue weighted by Crippen LogP contribution is -2.41. The van der Waals surface area contributed by atoms with Crippen molar-refractivity contribution >= 4 is 23.4 Å². The number of hydrogen-bond donors (Lipinski definition) is 0. The summed E-state index contributed by atoms with van der Waals surface area (Å²) in [4.78, 5) is 28.6. The second-order valence-electron chi connectivity index (χ2n) is 8.53. The molecule has 0 unspecified atom stereocenters. The maximum atomic E-state index is 13.0. The van der Waals surface area contributed by atoms with Crippen LogP contribution in [0.5, 0.6) is 0 Å². The lowest BCUT2D eigenvalue weighted by atomic mass is 10.1. The smallest absolute Gasteiger partial charge is 0.242 e. The van der Waals surface area contributed by atoms with Crippen molar-refractivity contribution in [2.75, 3.05) is 20.1 Å². The number of carbonyl (C=O) groups excluding carboxylic acids is 2. The van der Waals surface area contributed by atoms with E-state index >= 15 is 0 Å². The summed E-state index contributed by atoms with van der Waals surface area (Å²) in [6.07, 6.45) is 5.41. The first-order valence-corrected chi connectivity index (χ1v) is 11.8. The van der Waals surface area contributed by atoms with Gasteiger partial charge in [0, 0.05) is 48.9 Å². The Morgan fingerprint density at radius 1 is 1.03 bits per heavy atom. The molecule has 1 fully saturated rings. The van der Waals surface area contributed by atoms with Crippen LogP contribution >= 0.6 is 11.6 Å². The summed E-state index contributed by atoms with van der Waals surface area (Å²) in [7, 11) is 1.78. The minimum Gasteiger partial charge on any atom is -0.340 e. The van der Waals surface area contributed by atoms with Crippen molar-refractivity contribution in [3.05, 3.63) is 76.9 Å². The van der Waals surface area contributed by atoms with Gasteiger partial charge in [-0.05, 0) is 24.5 Å². The lowest BCUT2D eigenvalue weighted by molar-refractivity contribution is -0.139. The molecule has 4 rings (SSSR count). The van der Waals surface area contributed by atoms with E-state index in [1.165, 1.54) is 0 Å². The molecule has 3 aromatic rings. The van der Waals surface area contributed by atoms with Gasteiger partial charge in [0.05, 0.1) is 18.8 Å². The van der Waals surface area contributed by atoms with Crippen LogP contribution in [0, 0.1) is 0 Å². The number of rotatable bonds is 7. The zero-order valence-electron chi connectivity index (χ0n) is 18.9. The maximum absolute atomic E-state index is 13.0. The molecule has 0 saturated carbocycles. The van der Waals surface area contributed by atoms with E-state index in [-0.39, 0.29) is 18.4 Å². The third-order valence-electron chi connectivity index (χ3n) is 6.01. The highest BCUT2D eigenvalue weighted by Crippen LogP contribution is 2.25. The Labute approximate surface area is 199 Å². The van der Waals surface area contributed by atoms with Gasteiger partial charge in [-0.3, -0.25) is 14.3 Å². The Balaban J connectivity index is 1.54. The van der Waals surface area contributed by atoms with Crippen LogP contribution in [-0.4, -0.2) is 51.5 Å². The maximum Gasteiger partial charge on any atom is 0.242 e. The summed E-state index contributed by atoms with van der Waals surface area (Å²) >= 11 is 6.35. The first kappa shape index (κ1) is 23.1. The van der Waals surface area contributed by atoms with Crippen LogP contribution in [-0.2, 0) is 22.7 Å². The van der Waals surface area contributed by atoms with Crippen LogP contribution in [0.4, 0.5) is 0 Å². The molecule has 1 saturated heterocycles. The summed E-state index contributed by atoms with van der Waals surface area (Å²) in [5.74, 6) is 0.00917. The minimum absolute atomic E-state index is 0.0666. The van der Waals surface area contributed by atoms with Gasteiger partial charge in [0.1, 0.15) is 0 Å². The fourth-order valence-electron chi connectivity index (χ4n) is 4.13. The zero-order valence-corrected chi connectivity index (χ0v) is 19.7. The van der Waals surface area contributed by atoms with Gasteiger partial charge < -0.3 is 9.80 Å². The summed E-state index contributed by atoms with van der Waals surface area (Å²) in [6, 6.07) is 17.7. The van der Waals surface area contributed by atoms with E-state index in [0.717, 1.165) is 41.6 Å². The molecule has 33 heavy (non-hydrogen) atoms. The molecule has 1 aliphatic rings. The topological polar surface area (TPSA) is 58.4 Å². The van der Waals surface area contributed by atoms with E-state index in [9.17, 15) is 9.59 Å². The number of halogens is 1. The predicted molar refractivity (Wildman–Crippen MR) is 130 cm³/mol. The number of nitrogens with zero attached hydrogens (tertiary/aromatic N) is 4. The Hall–Kier alpha value is -3.12. The van der Waals surface area contributed by atoms with Crippen molar-refractivity contribution in [1.29, 1.82) is 0 Å². The summed E-state index contributed by atoms with van der Waals surface area (Å²) < 4.78 is 1.87. The molecule has 0 radical (unpaired) electrons. The summed E-state index contributed by atoms with van der Waals surface area (Å²) in [5.41, 5.74) is 3.77. The second-order valence-corrected chi connectivity index (χ2v) is 8.94. The molecular formula is C26H29ClN4O2. The van der Waals surface area contributed by atoms with Crippen molar-refractivity contribution < 1.29 is 9.59 Å². The Kier molecular flexibility index (Phi) is 7.45. The van der Waals surface area contributed by atoms with Crippen molar-refractivity contribution in [3.8, 4) is 11.3 Å². The van der Waals surface area contributed by atoms with Crippen molar-refractivity contribution in [2.24, 2.45) is 0 Å². The molecule has 2 heterocycles. The quantitative estimate of drug-likeness (QED) is 0.513. The molecular weight excluding hydrogens is 436 g/mol. The van der Waals surface area contributed by atoms with Crippen molar-refractivity contribution in [1.82, 2.24) is 19.6 Å². The predicted octanol–water partition coefficient (Wildman–Crippen LogP) is 4.61. The monoisotopic (exact) mass is 464 g/mol. The Bertz CT molecular complexity index is 1110. The molecule has 0 atom stereocenters. The highest BCUT2D eigenvalue weighted by molar-refractivity contribution is 6.31. The molecule has 1 aliphatic heterocycles. The highest BCUT2D eigenvalue weighted by Gasteiger charge is 2.22. The fourth-order valence-corrected chi connectivity index (χ4v) is 4.33. The van der Waals surface area contributed by atoms with E-state index < -0.39 is 0 Å². The van der Waals surface area contributed by atoms with Gasteiger partial charge in [0.15, 0.2) is 0 Å². The second kappa shape index (κ2) is 10.7. The minimum atomic E-state index is -0.0666. The zero-order chi connectivity index (χ0) is 23.2. The van der Waals surface area contributed by atoms with E-state index in [4.69, 9.17) is 16.7 Å². The van der Waals surface area contributed by atoms with E-state index in [1.807, 2.05) is 65.5 Å². The number of carbonyl (C=O) groups is 2. The number of likely N-dealkylation sites (N-methyl/N-ethyl adjacent to an activating group) is 1. The number of amides is 2. The van der Waals surface area contributed by atoms with Gasteiger partial charge in [-0.1, -0.05) is 66.6 Å². The molecule has 2 aromatic carbocycles. The number of likely N-dealkylation sites (tertiary alicyclic amines) is 1. The molecule has 172 valence electrons. The molecule has 2 amide bonds. The third kappa shape index (κ3) is 5.82. The van der Waals surface area contributed by atoms with Crippen LogP contribution < -0.4 is 0 Å². The van der Waals surface area contributed by atoms with E-state index in [2.05, 4.69) is 0 Å². The molecule has 0 N–H and O–H groups in total. The molecule has 0 bridgehead atoms. The first-order valence-electron chi connectivity index (χ1n) is 11.4. The number of benzene rings is 2. The average Bonchev–Trinajstić information content (AvgIpc) is 3.10. The summed E-state index contributed by atoms with van der Waals surface area (Å²) in [6.45, 7) is 1.74. The Morgan fingerprint density at radius 2 is 1.79 bits per heavy atom. The van der Waals surface area contributed by atoms with Gasteiger partial charge in [0.25, 0.3) is 0 Å². The number of hydrogen-bond acceptors (Lipinski definition) is 3. The first-order chi connectivity index (χ1) is 16.0. The standard InChI is InChI=1S/C26H29ClN4O2/c1-29(25(33)19-30-15-9-3-6-14-24(30)32)16-22-18-31(17-21-12-7-8-13-23(21)27)28-26(22)20-10-4-2-5-11-20/h2,4-5,7-8,10-13,18H,3,6,9,14-17,19H2,1H3. The van der Waals surface area contributed by atoms with Gasteiger partial charge in [-0.2, -0.15) is 5.10 Å². The third-order valence-corrected chi connectivity index (χ3v) is 6.37. The van der Waals surface area contributed by atoms with Crippen LogP contribution in [0.1, 0.15) is 36.8 Å². The lowest BCUT2D eigenvalue weighted by Gasteiger charge is -2.24. The van der Waals surface area contributed by atoms with E-state index in [1.54, 1.807) is 16.8 Å². The largest absolute Gasteiger partial charge is 0.340 e. The summed E-state index contributed by atoms with van der Waals surface area (Å²) in [5, 5.41) is 5.52. The van der Waals surface area contributed by atoms with E-state index in [0.29, 0.717) is 31.1 Å². The Morgan fingerprint density at radius 3 is 2.58 bits per heavy atom. The molecule has 6 nitrogen and oxygen atoms in total. The van der Waals surface area contributed by atoms with Gasteiger partial charge in [0.2, 0.25) is 11.8 Å². The molecule has 0 spiro atoms. The van der Waals surface area contributed by atoms with Crippen molar-refractivity contribution in [3.63, 3.8) is 0 Å². The highest BCUT2D eigenvalue weighted by atomic mass is 35.5. The van der Waals surface area contributed by atoms with Gasteiger partial charge in [-0.15, -0.1) is 0 Å². The fraction of sp³-hybridized carbons (Fsp3) is 0.346. The van der Waals surface area contributed by atoms with Crippen LogP contribution in [0.3, 0.4) is 0 Å². The van der Waals surface area contributed by atoms with Gasteiger partial charge >= 0.3 is 0 Å². The van der Waals surface area contributed by atoms with Crippen LogP contribution in [0.25, 0.3) is 11.3 Å².